The second kappa shape index (κ2) is 7.53. The summed E-state index contributed by atoms with van der Waals surface area (Å²) in [5, 5.41) is 6.47. The second-order valence-corrected chi connectivity index (χ2v) is 5.40. The maximum atomic E-state index is 5.36. The Morgan fingerprint density at radius 1 is 0.840 bits per heavy atom. The van der Waals surface area contributed by atoms with E-state index in [1.807, 2.05) is 61.5 Å². The molecule has 0 saturated heterocycles. The Hall–Kier alpha value is -3.28. The van der Waals surface area contributed by atoms with Gasteiger partial charge in [-0.15, -0.1) is 0 Å². The number of ether oxygens (including phenoxy) is 2. The molecule has 0 aliphatic heterocycles. The van der Waals surface area contributed by atoms with Crippen LogP contribution < -0.4 is 20.1 Å². The summed E-state index contributed by atoms with van der Waals surface area (Å²) in [5.74, 6) is 2.71. The molecule has 0 saturated carbocycles. The molecule has 0 radical (unpaired) electrons. The van der Waals surface area contributed by atoms with E-state index in [0.717, 1.165) is 28.6 Å². The lowest BCUT2D eigenvalue weighted by Crippen LogP contribution is -2.03. The Kier molecular flexibility index (Phi) is 4.99. The minimum absolute atomic E-state index is 0.505. The van der Waals surface area contributed by atoms with Crippen LogP contribution in [0.4, 0.5) is 23.1 Å². The largest absolute Gasteiger partial charge is 0.497 e. The van der Waals surface area contributed by atoms with E-state index in [2.05, 4.69) is 20.6 Å². The first-order valence-corrected chi connectivity index (χ1v) is 7.85. The van der Waals surface area contributed by atoms with Crippen molar-refractivity contribution < 1.29 is 9.47 Å². The van der Waals surface area contributed by atoms with Crippen molar-refractivity contribution >= 4 is 23.1 Å². The van der Waals surface area contributed by atoms with Gasteiger partial charge in [0.15, 0.2) is 0 Å². The molecule has 0 aliphatic rings. The van der Waals surface area contributed by atoms with Crippen LogP contribution in [-0.2, 0) is 0 Å². The first-order chi connectivity index (χ1) is 12.2. The third kappa shape index (κ3) is 4.17. The van der Waals surface area contributed by atoms with Crippen LogP contribution >= 0.6 is 0 Å². The Labute approximate surface area is 146 Å². The molecule has 1 heterocycles. The average molecular weight is 336 g/mol. The zero-order valence-electron chi connectivity index (χ0n) is 14.4. The van der Waals surface area contributed by atoms with Crippen LogP contribution in [0.2, 0.25) is 0 Å². The summed E-state index contributed by atoms with van der Waals surface area (Å²) in [7, 11) is 3.28. The van der Waals surface area contributed by atoms with Gasteiger partial charge in [0.05, 0.1) is 19.9 Å². The van der Waals surface area contributed by atoms with Gasteiger partial charge in [0.1, 0.15) is 17.3 Å². The van der Waals surface area contributed by atoms with Crippen molar-refractivity contribution in [3.63, 3.8) is 0 Å². The van der Waals surface area contributed by atoms with Crippen molar-refractivity contribution in [2.24, 2.45) is 0 Å². The molecule has 0 amide bonds. The standard InChI is InChI=1S/C19H20N4O2/c1-13-11-18(22-16-9-4-5-10-17(16)25-3)23-19(20-13)21-14-7-6-8-15(12-14)24-2/h4-12H,1-3H3,(H2,20,21,22,23). The van der Waals surface area contributed by atoms with Crippen LogP contribution in [-0.4, -0.2) is 24.2 Å². The van der Waals surface area contributed by atoms with E-state index in [-0.39, 0.29) is 0 Å². The Morgan fingerprint density at radius 2 is 1.68 bits per heavy atom. The van der Waals surface area contributed by atoms with Crippen LogP contribution in [0.5, 0.6) is 11.5 Å². The van der Waals surface area contributed by atoms with Crippen LogP contribution in [0.1, 0.15) is 5.69 Å². The van der Waals surface area contributed by atoms with Gasteiger partial charge in [0.25, 0.3) is 0 Å². The molecule has 0 bridgehead atoms. The predicted molar refractivity (Wildman–Crippen MR) is 99.3 cm³/mol. The van der Waals surface area contributed by atoms with Gasteiger partial charge in [-0.2, -0.15) is 4.98 Å². The molecule has 3 rings (SSSR count). The molecule has 0 fully saturated rings. The topological polar surface area (TPSA) is 68.3 Å². The molecule has 0 spiro atoms. The number of methoxy groups -OCH3 is 2. The highest BCUT2D eigenvalue weighted by Gasteiger charge is 2.07. The Bertz CT molecular complexity index is 868. The van der Waals surface area contributed by atoms with Crippen molar-refractivity contribution in [2.75, 3.05) is 24.9 Å². The highest BCUT2D eigenvalue weighted by molar-refractivity contribution is 5.65. The van der Waals surface area contributed by atoms with Crippen LogP contribution in [0.15, 0.2) is 54.6 Å². The molecule has 0 aliphatic carbocycles. The molecule has 0 atom stereocenters. The monoisotopic (exact) mass is 336 g/mol. The number of para-hydroxylation sites is 2. The van der Waals surface area contributed by atoms with Crippen molar-refractivity contribution in [2.45, 2.75) is 6.92 Å². The molecule has 1 aromatic heterocycles. The number of aromatic nitrogens is 2. The number of nitrogens with zero attached hydrogens (tertiary/aromatic N) is 2. The molecule has 0 unspecified atom stereocenters. The summed E-state index contributed by atoms with van der Waals surface area (Å²) in [6.45, 7) is 1.92. The number of anilines is 4. The number of hydrogen-bond acceptors (Lipinski definition) is 6. The van der Waals surface area contributed by atoms with Gasteiger partial charge in [-0.25, -0.2) is 4.98 Å². The van der Waals surface area contributed by atoms with Crippen LogP contribution in [0.3, 0.4) is 0 Å². The average Bonchev–Trinajstić information content (AvgIpc) is 2.62. The summed E-state index contributed by atoms with van der Waals surface area (Å²) >= 11 is 0. The minimum atomic E-state index is 0.505. The van der Waals surface area contributed by atoms with Crippen LogP contribution in [0, 0.1) is 6.92 Å². The lowest BCUT2D eigenvalue weighted by atomic mass is 10.3. The van der Waals surface area contributed by atoms with E-state index in [9.17, 15) is 0 Å². The zero-order chi connectivity index (χ0) is 17.6. The van der Waals surface area contributed by atoms with Crippen molar-refractivity contribution in [1.29, 1.82) is 0 Å². The normalized spacial score (nSPS) is 10.2. The molecule has 6 nitrogen and oxygen atoms in total. The second-order valence-electron chi connectivity index (χ2n) is 5.40. The summed E-state index contributed by atoms with van der Waals surface area (Å²) in [5.41, 5.74) is 2.54. The fourth-order valence-electron chi connectivity index (χ4n) is 2.40. The summed E-state index contributed by atoms with van der Waals surface area (Å²) in [6, 6.07) is 17.2. The predicted octanol–water partition coefficient (Wildman–Crippen LogP) is 4.29. The quantitative estimate of drug-likeness (QED) is 0.700. The molecular formula is C19H20N4O2. The molecule has 2 aromatic carbocycles. The first kappa shape index (κ1) is 16.6. The highest BCUT2D eigenvalue weighted by atomic mass is 16.5. The maximum Gasteiger partial charge on any atom is 0.229 e. The van der Waals surface area contributed by atoms with Gasteiger partial charge in [0, 0.05) is 23.5 Å². The van der Waals surface area contributed by atoms with Gasteiger partial charge in [0.2, 0.25) is 5.95 Å². The van der Waals surface area contributed by atoms with Crippen molar-refractivity contribution in [3.8, 4) is 11.5 Å². The number of aryl methyl sites for hydroxylation is 1. The molecule has 128 valence electrons. The van der Waals surface area contributed by atoms with E-state index >= 15 is 0 Å². The first-order valence-electron chi connectivity index (χ1n) is 7.85. The fourth-order valence-corrected chi connectivity index (χ4v) is 2.40. The molecule has 25 heavy (non-hydrogen) atoms. The Morgan fingerprint density at radius 3 is 2.48 bits per heavy atom. The Balaban J connectivity index is 1.85. The summed E-state index contributed by atoms with van der Waals surface area (Å²) < 4.78 is 10.6. The lowest BCUT2D eigenvalue weighted by molar-refractivity contribution is 0.415. The van der Waals surface area contributed by atoms with E-state index in [1.165, 1.54) is 0 Å². The summed E-state index contributed by atoms with van der Waals surface area (Å²) in [4.78, 5) is 8.96. The smallest absolute Gasteiger partial charge is 0.229 e. The van der Waals surface area contributed by atoms with Crippen LogP contribution in [0.25, 0.3) is 0 Å². The third-order valence-corrected chi connectivity index (χ3v) is 3.55. The van der Waals surface area contributed by atoms with Gasteiger partial charge in [-0.3, -0.25) is 0 Å². The number of hydrogen-bond donors (Lipinski definition) is 2. The zero-order valence-corrected chi connectivity index (χ0v) is 14.4. The molecule has 3 aromatic rings. The molecule has 6 heteroatoms. The minimum Gasteiger partial charge on any atom is -0.497 e. The molecule has 2 N–H and O–H groups in total. The van der Waals surface area contributed by atoms with Crippen molar-refractivity contribution in [3.05, 3.63) is 60.3 Å². The highest BCUT2D eigenvalue weighted by Crippen LogP contribution is 2.27. The van der Waals surface area contributed by atoms with E-state index in [4.69, 9.17) is 9.47 Å². The summed E-state index contributed by atoms with van der Waals surface area (Å²) in [6.07, 6.45) is 0. The van der Waals surface area contributed by atoms with Gasteiger partial charge >= 0.3 is 0 Å². The number of nitrogens with one attached hydrogen (secondary N) is 2. The van der Waals surface area contributed by atoms with E-state index < -0.39 is 0 Å². The van der Waals surface area contributed by atoms with Gasteiger partial charge < -0.3 is 20.1 Å². The maximum absolute atomic E-state index is 5.36. The fraction of sp³-hybridized carbons (Fsp3) is 0.158. The van der Waals surface area contributed by atoms with E-state index in [0.29, 0.717) is 11.8 Å². The number of rotatable bonds is 6. The van der Waals surface area contributed by atoms with E-state index in [1.54, 1.807) is 14.2 Å². The molecular weight excluding hydrogens is 316 g/mol. The van der Waals surface area contributed by atoms with Crippen molar-refractivity contribution in [1.82, 2.24) is 9.97 Å². The third-order valence-electron chi connectivity index (χ3n) is 3.55. The number of benzene rings is 2. The SMILES string of the molecule is COc1cccc(Nc2nc(C)cc(Nc3ccccc3OC)n2)c1. The lowest BCUT2D eigenvalue weighted by Gasteiger charge is -2.12. The van der Waals surface area contributed by atoms with Gasteiger partial charge in [-0.1, -0.05) is 18.2 Å². The van der Waals surface area contributed by atoms with Gasteiger partial charge in [-0.05, 0) is 31.2 Å².